The second kappa shape index (κ2) is 5.64. The van der Waals surface area contributed by atoms with Gasteiger partial charge in [-0.2, -0.15) is 0 Å². The maximum Gasteiger partial charge on any atom is 0.225 e. The Bertz CT molecular complexity index is 238. The molecule has 1 heterocycles. The third kappa shape index (κ3) is 2.95. The fourth-order valence-corrected chi connectivity index (χ4v) is 2.54. The van der Waals surface area contributed by atoms with Crippen molar-refractivity contribution in [3.8, 4) is 0 Å². The van der Waals surface area contributed by atoms with E-state index in [9.17, 15) is 9.90 Å². The number of nitrogens with one attached hydrogen (secondary N) is 1. The van der Waals surface area contributed by atoms with Crippen LogP contribution in [0.3, 0.4) is 0 Å². The summed E-state index contributed by atoms with van der Waals surface area (Å²) in [5, 5.41) is 12.7. The van der Waals surface area contributed by atoms with Gasteiger partial charge in [0.15, 0.2) is 0 Å². The molecule has 0 radical (unpaired) electrons. The number of carbonyl (C=O) groups is 1. The molecule has 0 aromatic carbocycles. The van der Waals surface area contributed by atoms with E-state index in [1.807, 2.05) is 0 Å². The van der Waals surface area contributed by atoms with E-state index in [0.29, 0.717) is 19.8 Å². The lowest BCUT2D eigenvalue weighted by atomic mass is 9.86. The van der Waals surface area contributed by atoms with Crippen molar-refractivity contribution < 1.29 is 14.6 Å². The highest BCUT2D eigenvalue weighted by molar-refractivity contribution is 5.78. The van der Waals surface area contributed by atoms with Crippen molar-refractivity contribution in [3.05, 3.63) is 0 Å². The fraction of sp³-hybridized carbons (Fsp3) is 0.917. The molecule has 1 aliphatic heterocycles. The molecule has 2 N–H and O–H groups in total. The molecule has 2 rings (SSSR count). The minimum absolute atomic E-state index is 0.0285. The quantitative estimate of drug-likeness (QED) is 0.746. The molecule has 4 heteroatoms. The van der Waals surface area contributed by atoms with E-state index in [1.165, 1.54) is 6.42 Å². The number of amides is 1. The molecule has 2 aliphatic rings. The molecule has 3 unspecified atom stereocenters. The van der Waals surface area contributed by atoms with Gasteiger partial charge in [0.2, 0.25) is 5.91 Å². The zero-order chi connectivity index (χ0) is 11.4. The fourth-order valence-electron chi connectivity index (χ4n) is 2.54. The van der Waals surface area contributed by atoms with Crippen molar-refractivity contribution >= 4 is 5.91 Å². The van der Waals surface area contributed by atoms with Crippen LogP contribution >= 0.6 is 0 Å². The van der Waals surface area contributed by atoms with E-state index in [4.69, 9.17) is 4.74 Å². The molecule has 2 fully saturated rings. The third-order valence-electron chi connectivity index (χ3n) is 3.71. The van der Waals surface area contributed by atoms with Gasteiger partial charge in [-0.25, -0.2) is 0 Å². The van der Waals surface area contributed by atoms with Gasteiger partial charge in [0, 0.05) is 19.1 Å². The van der Waals surface area contributed by atoms with Gasteiger partial charge in [-0.3, -0.25) is 4.79 Å². The van der Waals surface area contributed by atoms with Crippen LogP contribution in [0.2, 0.25) is 0 Å². The minimum Gasteiger partial charge on any atom is -0.393 e. The van der Waals surface area contributed by atoms with Crippen molar-refractivity contribution in [2.45, 2.75) is 38.2 Å². The Morgan fingerprint density at radius 1 is 1.31 bits per heavy atom. The van der Waals surface area contributed by atoms with Crippen molar-refractivity contribution in [3.63, 3.8) is 0 Å². The first-order chi connectivity index (χ1) is 7.77. The molecule has 3 atom stereocenters. The smallest absolute Gasteiger partial charge is 0.225 e. The Hall–Kier alpha value is -0.610. The lowest BCUT2D eigenvalue weighted by Crippen LogP contribution is -2.39. The number of carbonyl (C=O) groups excluding carboxylic acids is 1. The van der Waals surface area contributed by atoms with Crippen LogP contribution in [0.25, 0.3) is 0 Å². The summed E-state index contributed by atoms with van der Waals surface area (Å²) >= 11 is 0. The van der Waals surface area contributed by atoms with Gasteiger partial charge < -0.3 is 15.2 Å². The van der Waals surface area contributed by atoms with Gasteiger partial charge >= 0.3 is 0 Å². The summed E-state index contributed by atoms with van der Waals surface area (Å²) < 4.78 is 5.18. The van der Waals surface area contributed by atoms with Crippen molar-refractivity contribution in [2.75, 3.05) is 19.8 Å². The van der Waals surface area contributed by atoms with E-state index in [0.717, 1.165) is 25.7 Å². The number of aliphatic hydroxyl groups excluding tert-OH is 1. The van der Waals surface area contributed by atoms with Gasteiger partial charge in [0.1, 0.15) is 0 Å². The van der Waals surface area contributed by atoms with Gasteiger partial charge in [-0.1, -0.05) is 12.8 Å². The summed E-state index contributed by atoms with van der Waals surface area (Å²) in [5.41, 5.74) is 0. The predicted octanol–water partition coefficient (Wildman–Crippen LogP) is 0.690. The maximum absolute atomic E-state index is 11.7. The lowest BCUT2D eigenvalue weighted by Gasteiger charge is -2.27. The van der Waals surface area contributed by atoms with Crippen LogP contribution < -0.4 is 5.32 Å². The number of aliphatic hydroxyl groups is 1. The predicted molar refractivity (Wildman–Crippen MR) is 59.9 cm³/mol. The van der Waals surface area contributed by atoms with Gasteiger partial charge in [0.05, 0.1) is 18.6 Å². The summed E-state index contributed by atoms with van der Waals surface area (Å²) in [6, 6.07) is 0. The van der Waals surface area contributed by atoms with E-state index in [1.54, 1.807) is 0 Å². The summed E-state index contributed by atoms with van der Waals surface area (Å²) in [5.74, 6) is 0.371. The zero-order valence-corrected chi connectivity index (χ0v) is 9.65. The molecule has 92 valence electrons. The van der Waals surface area contributed by atoms with Crippen LogP contribution in [0.1, 0.15) is 32.1 Å². The van der Waals surface area contributed by atoms with E-state index >= 15 is 0 Å². The molecule has 4 nitrogen and oxygen atoms in total. The molecule has 1 saturated heterocycles. The SMILES string of the molecule is O=C(NCC1CCCCC1O)C1CCOC1. The molecular weight excluding hydrogens is 206 g/mol. The van der Waals surface area contributed by atoms with Gasteiger partial charge in [-0.05, 0) is 19.3 Å². The molecule has 0 bridgehead atoms. The normalized spacial score (nSPS) is 34.9. The molecule has 1 amide bonds. The first-order valence-electron chi connectivity index (χ1n) is 6.31. The van der Waals surface area contributed by atoms with Crippen molar-refractivity contribution in [1.29, 1.82) is 0 Å². The molecule has 0 spiro atoms. The van der Waals surface area contributed by atoms with Crippen LogP contribution in [-0.2, 0) is 9.53 Å². The summed E-state index contributed by atoms with van der Waals surface area (Å²) in [7, 11) is 0. The average molecular weight is 227 g/mol. The number of hydrogen-bond acceptors (Lipinski definition) is 3. The lowest BCUT2D eigenvalue weighted by molar-refractivity contribution is -0.125. The Kier molecular flexibility index (Phi) is 4.18. The third-order valence-corrected chi connectivity index (χ3v) is 3.71. The number of hydrogen-bond donors (Lipinski definition) is 2. The van der Waals surface area contributed by atoms with Crippen LogP contribution in [0.4, 0.5) is 0 Å². The van der Waals surface area contributed by atoms with Crippen molar-refractivity contribution in [1.82, 2.24) is 5.32 Å². The minimum atomic E-state index is -0.228. The maximum atomic E-state index is 11.7. The van der Waals surface area contributed by atoms with E-state index in [-0.39, 0.29) is 23.8 Å². The monoisotopic (exact) mass is 227 g/mol. The summed E-state index contributed by atoms with van der Waals surface area (Å²) in [6.07, 6.45) is 4.80. The van der Waals surface area contributed by atoms with Crippen LogP contribution in [0, 0.1) is 11.8 Å². The van der Waals surface area contributed by atoms with Gasteiger partial charge in [0.25, 0.3) is 0 Å². The van der Waals surface area contributed by atoms with E-state index < -0.39 is 0 Å². The van der Waals surface area contributed by atoms with Crippen LogP contribution in [-0.4, -0.2) is 36.9 Å². The molecule has 1 aliphatic carbocycles. The molecule has 0 aromatic rings. The second-order valence-electron chi connectivity index (χ2n) is 4.92. The highest BCUT2D eigenvalue weighted by Gasteiger charge is 2.26. The summed E-state index contributed by atoms with van der Waals surface area (Å²) in [4.78, 5) is 11.7. The van der Waals surface area contributed by atoms with Crippen molar-refractivity contribution in [2.24, 2.45) is 11.8 Å². The molecule has 16 heavy (non-hydrogen) atoms. The zero-order valence-electron chi connectivity index (χ0n) is 9.65. The topological polar surface area (TPSA) is 58.6 Å². The Morgan fingerprint density at radius 2 is 2.12 bits per heavy atom. The average Bonchev–Trinajstić information content (AvgIpc) is 2.81. The second-order valence-corrected chi connectivity index (χ2v) is 4.92. The van der Waals surface area contributed by atoms with Crippen LogP contribution in [0.15, 0.2) is 0 Å². The van der Waals surface area contributed by atoms with Crippen LogP contribution in [0.5, 0.6) is 0 Å². The van der Waals surface area contributed by atoms with E-state index in [2.05, 4.69) is 5.32 Å². The molecular formula is C12H21NO3. The number of rotatable bonds is 3. The molecule has 0 aromatic heterocycles. The van der Waals surface area contributed by atoms with Gasteiger partial charge in [-0.15, -0.1) is 0 Å². The standard InChI is InChI=1S/C12H21NO3/c14-11-4-2-1-3-9(11)7-13-12(15)10-5-6-16-8-10/h9-11,14H,1-8H2,(H,13,15). The highest BCUT2D eigenvalue weighted by Crippen LogP contribution is 2.23. The first-order valence-corrected chi connectivity index (χ1v) is 6.31. The summed E-state index contributed by atoms with van der Waals surface area (Å²) in [6.45, 7) is 1.87. The number of ether oxygens (including phenoxy) is 1. The first kappa shape index (κ1) is 11.9. The Morgan fingerprint density at radius 3 is 2.81 bits per heavy atom. The Balaban J connectivity index is 1.71. The Labute approximate surface area is 96.4 Å². The largest absolute Gasteiger partial charge is 0.393 e. The highest BCUT2D eigenvalue weighted by atomic mass is 16.5. The molecule has 1 saturated carbocycles.